The van der Waals surface area contributed by atoms with E-state index in [1.165, 1.54) is 0 Å². The fourth-order valence-corrected chi connectivity index (χ4v) is 2.05. The second kappa shape index (κ2) is 5.36. The number of benzene rings is 1. The van der Waals surface area contributed by atoms with E-state index in [0.717, 1.165) is 11.3 Å². The van der Waals surface area contributed by atoms with Gasteiger partial charge in [0.1, 0.15) is 11.6 Å². The molecule has 1 aromatic carbocycles. The number of furan rings is 1. The number of aryl methyl sites for hydroxylation is 2. The Morgan fingerprint density at radius 1 is 1.28 bits per heavy atom. The molecule has 0 radical (unpaired) electrons. The second-order valence-electron chi connectivity index (χ2n) is 4.66. The Kier molecular flexibility index (Phi) is 3.82. The first-order chi connectivity index (χ1) is 8.58. The van der Waals surface area contributed by atoms with E-state index in [2.05, 4.69) is 5.32 Å². The van der Waals surface area contributed by atoms with E-state index in [1.54, 1.807) is 20.1 Å². The number of hydrogen-bond donors (Lipinski definition) is 1. The van der Waals surface area contributed by atoms with Crippen LogP contribution in [0.4, 0.5) is 4.39 Å². The van der Waals surface area contributed by atoms with E-state index in [9.17, 15) is 4.39 Å². The first-order valence-electron chi connectivity index (χ1n) is 6.10. The van der Waals surface area contributed by atoms with E-state index in [1.807, 2.05) is 31.2 Å². The first kappa shape index (κ1) is 12.8. The van der Waals surface area contributed by atoms with Crippen LogP contribution in [-0.4, -0.2) is 0 Å². The molecule has 0 aliphatic rings. The molecule has 0 saturated carbocycles. The predicted molar refractivity (Wildman–Crippen MR) is 69.8 cm³/mol. The topological polar surface area (TPSA) is 25.2 Å². The molecule has 1 atom stereocenters. The molecule has 18 heavy (non-hydrogen) atoms. The zero-order valence-corrected chi connectivity index (χ0v) is 11.0. The average Bonchev–Trinajstić information content (AvgIpc) is 2.86. The maximum atomic E-state index is 13.5. The Labute approximate surface area is 107 Å². The second-order valence-corrected chi connectivity index (χ2v) is 4.66. The lowest BCUT2D eigenvalue weighted by atomic mass is 10.1. The summed E-state index contributed by atoms with van der Waals surface area (Å²) in [4.78, 5) is 0. The van der Waals surface area contributed by atoms with Crippen LogP contribution in [0.1, 0.15) is 35.4 Å². The van der Waals surface area contributed by atoms with Gasteiger partial charge in [-0.25, -0.2) is 4.39 Å². The van der Waals surface area contributed by atoms with Crippen LogP contribution >= 0.6 is 0 Å². The van der Waals surface area contributed by atoms with Gasteiger partial charge in [0, 0.05) is 6.54 Å². The smallest absolute Gasteiger partial charge is 0.129 e. The maximum absolute atomic E-state index is 13.5. The van der Waals surface area contributed by atoms with Crippen LogP contribution in [0.25, 0.3) is 0 Å². The molecule has 0 saturated heterocycles. The summed E-state index contributed by atoms with van der Waals surface area (Å²) in [5.74, 6) is 0.795. The van der Waals surface area contributed by atoms with Crippen molar-refractivity contribution in [3.05, 3.63) is 58.8 Å². The highest BCUT2D eigenvalue weighted by atomic mass is 19.1. The fraction of sp³-hybridized carbons (Fsp3) is 0.333. The quantitative estimate of drug-likeness (QED) is 0.886. The van der Waals surface area contributed by atoms with Crippen molar-refractivity contribution >= 4 is 0 Å². The third-order valence-electron chi connectivity index (χ3n) is 3.08. The summed E-state index contributed by atoms with van der Waals surface area (Å²) in [5.41, 5.74) is 2.47. The Balaban J connectivity index is 2.02. The molecule has 0 aliphatic heterocycles. The van der Waals surface area contributed by atoms with Crippen molar-refractivity contribution in [1.82, 2.24) is 5.32 Å². The van der Waals surface area contributed by atoms with Gasteiger partial charge in [0.2, 0.25) is 0 Å². The minimum Gasteiger partial charge on any atom is -0.468 e. The van der Waals surface area contributed by atoms with Gasteiger partial charge in [-0.15, -0.1) is 0 Å². The van der Waals surface area contributed by atoms with Crippen molar-refractivity contribution in [3.8, 4) is 0 Å². The van der Waals surface area contributed by atoms with Gasteiger partial charge in [0.25, 0.3) is 0 Å². The van der Waals surface area contributed by atoms with Crippen LogP contribution in [0.3, 0.4) is 0 Å². The molecule has 0 spiro atoms. The number of nitrogens with one attached hydrogen (secondary N) is 1. The zero-order valence-electron chi connectivity index (χ0n) is 11.0. The van der Waals surface area contributed by atoms with Crippen molar-refractivity contribution in [2.24, 2.45) is 0 Å². The van der Waals surface area contributed by atoms with Gasteiger partial charge in [0.15, 0.2) is 0 Å². The summed E-state index contributed by atoms with van der Waals surface area (Å²) in [7, 11) is 0. The normalized spacial score (nSPS) is 12.7. The molecule has 2 nitrogen and oxygen atoms in total. The van der Waals surface area contributed by atoms with Crippen molar-refractivity contribution in [3.63, 3.8) is 0 Å². The van der Waals surface area contributed by atoms with E-state index in [0.29, 0.717) is 17.7 Å². The number of halogens is 1. The summed E-state index contributed by atoms with van der Waals surface area (Å²) < 4.78 is 18.8. The van der Waals surface area contributed by atoms with Gasteiger partial charge >= 0.3 is 0 Å². The highest BCUT2D eigenvalue weighted by Crippen LogP contribution is 2.17. The van der Waals surface area contributed by atoms with E-state index in [4.69, 9.17) is 4.42 Å². The van der Waals surface area contributed by atoms with Crippen LogP contribution < -0.4 is 5.32 Å². The molecular formula is C15H18FNO. The molecule has 0 amide bonds. The molecule has 2 rings (SSSR count). The summed E-state index contributed by atoms with van der Waals surface area (Å²) in [6, 6.07) is 7.72. The Hall–Kier alpha value is -1.61. The van der Waals surface area contributed by atoms with Crippen LogP contribution in [0, 0.1) is 19.7 Å². The molecular weight excluding hydrogens is 229 g/mol. The Bertz CT molecular complexity index is 496. The van der Waals surface area contributed by atoms with Crippen LogP contribution in [0.5, 0.6) is 0 Å². The van der Waals surface area contributed by atoms with Crippen molar-refractivity contribution in [2.75, 3.05) is 0 Å². The summed E-state index contributed by atoms with van der Waals surface area (Å²) in [6.07, 6.45) is 1.67. The molecule has 1 aromatic heterocycles. The zero-order chi connectivity index (χ0) is 13.1. The average molecular weight is 247 g/mol. The molecule has 1 unspecified atom stereocenters. The van der Waals surface area contributed by atoms with Gasteiger partial charge in [-0.1, -0.05) is 12.1 Å². The summed E-state index contributed by atoms with van der Waals surface area (Å²) in [5, 5.41) is 3.36. The first-order valence-corrected chi connectivity index (χ1v) is 6.10. The molecule has 1 N–H and O–H groups in total. The lowest BCUT2D eigenvalue weighted by molar-refractivity contribution is 0.430. The van der Waals surface area contributed by atoms with Crippen LogP contribution in [0.2, 0.25) is 0 Å². The molecule has 3 heteroatoms. The molecule has 0 fully saturated rings. The molecule has 0 bridgehead atoms. The predicted octanol–water partition coefficient (Wildman–Crippen LogP) is 3.89. The highest BCUT2D eigenvalue weighted by molar-refractivity contribution is 5.30. The minimum absolute atomic E-state index is 0.113. The maximum Gasteiger partial charge on any atom is 0.129 e. The van der Waals surface area contributed by atoms with Crippen molar-refractivity contribution in [1.29, 1.82) is 0 Å². The number of hydrogen-bond acceptors (Lipinski definition) is 2. The van der Waals surface area contributed by atoms with E-state index < -0.39 is 0 Å². The number of rotatable bonds is 4. The van der Waals surface area contributed by atoms with Gasteiger partial charge in [0.05, 0.1) is 12.3 Å². The highest BCUT2D eigenvalue weighted by Gasteiger charge is 2.09. The van der Waals surface area contributed by atoms with Gasteiger partial charge in [-0.2, -0.15) is 0 Å². The SMILES string of the molecule is Cc1cc(CNC(C)c2ccco2)cc(C)c1F. The molecule has 96 valence electrons. The monoisotopic (exact) mass is 247 g/mol. The standard InChI is InChI=1S/C15H18FNO/c1-10-7-13(8-11(2)15(10)16)9-17-12(3)14-5-4-6-18-14/h4-8,12,17H,9H2,1-3H3. The third-order valence-corrected chi connectivity index (χ3v) is 3.08. The van der Waals surface area contributed by atoms with Gasteiger partial charge < -0.3 is 9.73 Å². The lowest BCUT2D eigenvalue weighted by Crippen LogP contribution is -2.17. The summed E-state index contributed by atoms with van der Waals surface area (Å²) in [6.45, 7) is 6.33. The molecule has 2 aromatic rings. The van der Waals surface area contributed by atoms with Gasteiger partial charge in [-0.3, -0.25) is 0 Å². The van der Waals surface area contributed by atoms with E-state index in [-0.39, 0.29) is 11.9 Å². The van der Waals surface area contributed by atoms with E-state index >= 15 is 0 Å². The third kappa shape index (κ3) is 2.79. The fourth-order valence-electron chi connectivity index (χ4n) is 2.05. The van der Waals surface area contributed by atoms with Crippen LogP contribution in [-0.2, 0) is 6.54 Å². The summed E-state index contributed by atoms with van der Waals surface area (Å²) >= 11 is 0. The minimum atomic E-state index is -0.113. The van der Waals surface area contributed by atoms with Gasteiger partial charge in [-0.05, 0) is 49.6 Å². The molecule has 0 aliphatic carbocycles. The lowest BCUT2D eigenvalue weighted by Gasteiger charge is -2.12. The Morgan fingerprint density at radius 2 is 1.94 bits per heavy atom. The van der Waals surface area contributed by atoms with Crippen molar-refractivity contribution < 1.29 is 8.81 Å². The Morgan fingerprint density at radius 3 is 2.50 bits per heavy atom. The largest absolute Gasteiger partial charge is 0.468 e. The van der Waals surface area contributed by atoms with Crippen molar-refractivity contribution in [2.45, 2.75) is 33.4 Å². The molecule has 1 heterocycles. The van der Waals surface area contributed by atoms with Crippen LogP contribution in [0.15, 0.2) is 34.9 Å².